The maximum Gasteiger partial charge on any atom is 0.343 e. The summed E-state index contributed by atoms with van der Waals surface area (Å²) in [4.78, 5) is 12.2. The van der Waals surface area contributed by atoms with Gasteiger partial charge in [0.15, 0.2) is 0 Å². The molecule has 0 bridgehead atoms. The van der Waals surface area contributed by atoms with Gasteiger partial charge in [-0.25, -0.2) is 17.5 Å². The molecule has 122 valence electrons. The average Bonchev–Trinajstić information content (AvgIpc) is 2.50. The molecular weight excluding hydrogens is 338 g/mol. The van der Waals surface area contributed by atoms with Crippen LogP contribution in [-0.2, 0) is 10.0 Å². The highest BCUT2D eigenvalue weighted by Crippen LogP contribution is 2.26. The minimum absolute atomic E-state index is 0.104. The molecule has 0 amide bonds. The van der Waals surface area contributed by atoms with Crippen LogP contribution < -0.4 is 4.74 Å². The molecule has 0 fully saturated rings. The number of rotatable bonds is 4. The number of halogens is 1. The van der Waals surface area contributed by atoms with Crippen molar-refractivity contribution in [1.29, 1.82) is 0 Å². The Bertz CT molecular complexity index is 830. The summed E-state index contributed by atoms with van der Waals surface area (Å²) in [5.41, 5.74) is 1.14. The van der Waals surface area contributed by atoms with Gasteiger partial charge in [0.05, 0.1) is 15.5 Å². The molecule has 0 N–H and O–H groups in total. The topological polar surface area (TPSA) is 63.7 Å². The van der Waals surface area contributed by atoms with E-state index >= 15 is 0 Å². The first-order chi connectivity index (χ1) is 10.7. The number of esters is 1. The number of hydrogen-bond donors (Lipinski definition) is 0. The maximum atomic E-state index is 12.1. The third kappa shape index (κ3) is 3.90. The van der Waals surface area contributed by atoms with Gasteiger partial charge in [0.25, 0.3) is 0 Å². The predicted molar refractivity (Wildman–Crippen MR) is 88.5 cm³/mol. The summed E-state index contributed by atoms with van der Waals surface area (Å²) < 4.78 is 30.3. The van der Waals surface area contributed by atoms with Gasteiger partial charge in [0, 0.05) is 14.1 Å². The van der Waals surface area contributed by atoms with Gasteiger partial charge < -0.3 is 4.74 Å². The van der Waals surface area contributed by atoms with Crippen LogP contribution in [0.15, 0.2) is 47.4 Å². The number of nitrogens with zero attached hydrogens (tertiary/aromatic N) is 1. The van der Waals surface area contributed by atoms with Crippen LogP contribution in [0, 0.1) is 6.92 Å². The Morgan fingerprint density at radius 3 is 2.26 bits per heavy atom. The van der Waals surface area contributed by atoms with Crippen molar-refractivity contribution in [1.82, 2.24) is 4.31 Å². The van der Waals surface area contributed by atoms with E-state index < -0.39 is 16.0 Å². The molecule has 0 aliphatic heterocycles. The largest absolute Gasteiger partial charge is 0.421 e. The molecule has 2 aromatic rings. The Hall–Kier alpha value is -1.89. The van der Waals surface area contributed by atoms with Crippen molar-refractivity contribution in [3.63, 3.8) is 0 Å². The fourth-order valence-corrected chi connectivity index (χ4v) is 2.88. The fourth-order valence-electron chi connectivity index (χ4n) is 1.82. The molecule has 0 unspecified atom stereocenters. The molecule has 2 aromatic carbocycles. The molecule has 0 atom stereocenters. The van der Waals surface area contributed by atoms with E-state index in [0.29, 0.717) is 5.02 Å². The van der Waals surface area contributed by atoms with E-state index in [1.54, 1.807) is 18.2 Å². The molecular formula is C16H16ClNO4S. The van der Waals surface area contributed by atoms with Crippen LogP contribution in [0.4, 0.5) is 0 Å². The smallest absolute Gasteiger partial charge is 0.343 e. The summed E-state index contributed by atoms with van der Waals surface area (Å²) in [6, 6.07) is 10.6. The molecule has 0 saturated carbocycles. The molecule has 0 saturated heterocycles. The van der Waals surface area contributed by atoms with E-state index in [9.17, 15) is 13.2 Å². The van der Waals surface area contributed by atoms with Crippen LogP contribution >= 0.6 is 11.6 Å². The Morgan fingerprint density at radius 2 is 1.70 bits per heavy atom. The molecule has 0 heterocycles. The highest BCUT2D eigenvalue weighted by Gasteiger charge is 2.18. The Morgan fingerprint density at radius 1 is 1.09 bits per heavy atom. The van der Waals surface area contributed by atoms with Crippen molar-refractivity contribution in [2.75, 3.05) is 14.1 Å². The van der Waals surface area contributed by atoms with E-state index in [0.717, 1.165) is 9.87 Å². The van der Waals surface area contributed by atoms with Gasteiger partial charge in [-0.1, -0.05) is 17.7 Å². The number of sulfonamides is 1. The SMILES string of the molecule is Cc1ccc(Cl)c(OC(=O)c2ccc(S(=O)(=O)N(C)C)cc2)c1. The fraction of sp³-hybridized carbons (Fsp3) is 0.188. The van der Waals surface area contributed by atoms with Gasteiger partial charge in [-0.15, -0.1) is 0 Å². The van der Waals surface area contributed by atoms with Gasteiger partial charge in [0.2, 0.25) is 10.0 Å². The Balaban J connectivity index is 2.23. The molecule has 7 heteroatoms. The van der Waals surface area contributed by atoms with E-state index in [-0.39, 0.29) is 16.2 Å². The minimum atomic E-state index is -3.53. The second-order valence-electron chi connectivity index (χ2n) is 5.14. The number of aryl methyl sites for hydroxylation is 1. The van der Waals surface area contributed by atoms with Gasteiger partial charge in [-0.05, 0) is 48.9 Å². The monoisotopic (exact) mass is 353 g/mol. The summed E-state index contributed by atoms with van der Waals surface area (Å²) in [7, 11) is -0.647. The number of carbonyl (C=O) groups excluding carboxylic acids is 1. The standard InChI is InChI=1S/C16H16ClNO4S/c1-11-4-9-14(17)15(10-11)22-16(19)12-5-7-13(8-6-12)23(20,21)18(2)3/h4-10H,1-3H3. The first-order valence-electron chi connectivity index (χ1n) is 6.73. The lowest BCUT2D eigenvalue weighted by Gasteiger charge is -2.11. The molecule has 2 rings (SSSR count). The zero-order valence-electron chi connectivity index (χ0n) is 12.9. The first-order valence-corrected chi connectivity index (χ1v) is 8.54. The van der Waals surface area contributed by atoms with Crippen molar-refractivity contribution in [2.45, 2.75) is 11.8 Å². The zero-order valence-corrected chi connectivity index (χ0v) is 14.5. The van der Waals surface area contributed by atoms with Crippen LogP contribution in [0.5, 0.6) is 5.75 Å². The van der Waals surface area contributed by atoms with Crippen LogP contribution in [0.1, 0.15) is 15.9 Å². The van der Waals surface area contributed by atoms with E-state index in [2.05, 4.69) is 0 Å². The van der Waals surface area contributed by atoms with Crippen molar-refractivity contribution in [3.05, 3.63) is 58.6 Å². The van der Waals surface area contributed by atoms with Crippen LogP contribution in [0.3, 0.4) is 0 Å². The van der Waals surface area contributed by atoms with E-state index in [1.165, 1.54) is 38.4 Å². The molecule has 0 radical (unpaired) electrons. The van der Waals surface area contributed by atoms with Crippen molar-refractivity contribution < 1.29 is 17.9 Å². The second-order valence-corrected chi connectivity index (χ2v) is 7.69. The summed E-state index contributed by atoms with van der Waals surface area (Å²) in [6.07, 6.45) is 0. The highest BCUT2D eigenvalue weighted by atomic mass is 35.5. The Labute approximate surface area is 140 Å². The molecule has 5 nitrogen and oxygen atoms in total. The number of carbonyl (C=O) groups is 1. The zero-order chi connectivity index (χ0) is 17.2. The molecule has 0 aliphatic rings. The number of ether oxygens (including phenoxy) is 1. The quantitative estimate of drug-likeness (QED) is 0.625. The first kappa shape index (κ1) is 17.5. The lowest BCUT2D eigenvalue weighted by Crippen LogP contribution is -2.22. The molecule has 0 spiro atoms. The number of benzene rings is 2. The lowest BCUT2D eigenvalue weighted by molar-refractivity contribution is 0.0734. The van der Waals surface area contributed by atoms with Gasteiger partial charge in [0.1, 0.15) is 5.75 Å². The molecule has 23 heavy (non-hydrogen) atoms. The minimum Gasteiger partial charge on any atom is -0.421 e. The third-order valence-electron chi connectivity index (χ3n) is 3.16. The summed E-state index contributed by atoms with van der Waals surface area (Å²) in [5.74, 6) is -0.340. The van der Waals surface area contributed by atoms with E-state index in [4.69, 9.17) is 16.3 Å². The number of hydrogen-bond acceptors (Lipinski definition) is 4. The highest BCUT2D eigenvalue weighted by molar-refractivity contribution is 7.89. The normalized spacial score (nSPS) is 11.5. The summed E-state index contributed by atoms with van der Waals surface area (Å²) in [6.45, 7) is 1.86. The predicted octanol–water partition coefficient (Wildman–Crippen LogP) is 3.12. The average molecular weight is 354 g/mol. The van der Waals surface area contributed by atoms with E-state index in [1.807, 2.05) is 6.92 Å². The molecule has 0 aromatic heterocycles. The van der Waals surface area contributed by atoms with Crippen LogP contribution in [-0.4, -0.2) is 32.8 Å². The summed E-state index contributed by atoms with van der Waals surface area (Å²) >= 11 is 5.99. The van der Waals surface area contributed by atoms with Crippen molar-refractivity contribution >= 4 is 27.6 Å². The Kier molecular flexibility index (Phi) is 5.09. The van der Waals surface area contributed by atoms with Gasteiger partial charge in [-0.3, -0.25) is 0 Å². The van der Waals surface area contributed by atoms with Crippen LogP contribution in [0.25, 0.3) is 0 Å². The lowest BCUT2D eigenvalue weighted by atomic mass is 10.2. The van der Waals surface area contributed by atoms with Crippen molar-refractivity contribution in [3.8, 4) is 5.75 Å². The third-order valence-corrected chi connectivity index (χ3v) is 5.30. The van der Waals surface area contributed by atoms with Crippen LogP contribution in [0.2, 0.25) is 5.02 Å². The van der Waals surface area contributed by atoms with Gasteiger partial charge in [-0.2, -0.15) is 0 Å². The van der Waals surface area contributed by atoms with Crippen molar-refractivity contribution in [2.24, 2.45) is 0 Å². The second kappa shape index (κ2) is 6.70. The summed E-state index contributed by atoms with van der Waals surface area (Å²) in [5, 5.41) is 0.329. The maximum absolute atomic E-state index is 12.1. The molecule has 0 aliphatic carbocycles. The van der Waals surface area contributed by atoms with Gasteiger partial charge >= 0.3 is 5.97 Å².